The van der Waals surface area contributed by atoms with Crippen molar-refractivity contribution in [2.45, 2.75) is 51.0 Å². The van der Waals surface area contributed by atoms with Gasteiger partial charge in [-0.2, -0.15) is 4.98 Å². The van der Waals surface area contributed by atoms with Crippen LogP contribution in [0.3, 0.4) is 0 Å². The molecule has 3 aliphatic heterocycles. The molecule has 1 aromatic heterocycles. The lowest BCUT2D eigenvalue weighted by Gasteiger charge is -2.45. The van der Waals surface area contributed by atoms with Gasteiger partial charge in [-0.15, -0.1) is 0 Å². The summed E-state index contributed by atoms with van der Waals surface area (Å²) in [6.45, 7) is 7.65. The van der Waals surface area contributed by atoms with Gasteiger partial charge >= 0.3 is 12.0 Å². The van der Waals surface area contributed by atoms with E-state index < -0.39 is 5.82 Å². The Morgan fingerprint density at radius 3 is 2.64 bits per heavy atom. The molecule has 1 aliphatic carbocycles. The molecule has 206 valence electrons. The van der Waals surface area contributed by atoms with Crippen molar-refractivity contribution in [3.63, 3.8) is 0 Å². The maximum Gasteiger partial charge on any atom is 0.324 e. The summed E-state index contributed by atoms with van der Waals surface area (Å²) in [6.07, 6.45) is 9.43. The monoisotopic (exact) mass is 535 g/mol. The second kappa shape index (κ2) is 10.5. The molecule has 0 unspecified atom stereocenters. The molecule has 1 N–H and O–H groups in total. The van der Waals surface area contributed by atoms with Crippen molar-refractivity contribution >= 4 is 23.3 Å². The second-order valence-corrected chi connectivity index (χ2v) is 11.0. The van der Waals surface area contributed by atoms with Crippen LogP contribution in [-0.2, 0) is 9.47 Å². The third-order valence-corrected chi connectivity index (χ3v) is 7.84. The van der Waals surface area contributed by atoms with E-state index in [2.05, 4.69) is 40.3 Å². The van der Waals surface area contributed by atoms with Gasteiger partial charge < -0.3 is 29.1 Å². The van der Waals surface area contributed by atoms with Gasteiger partial charge in [0, 0.05) is 57.8 Å². The lowest BCUT2D eigenvalue weighted by molar-refractivity contribution is -0.0348. The number of rotatable bonds is 4. The fourth-order valence-corrected chi connectivity index (χ4v) is 5.61. The average molecular weight is 536 g/mol. The largest absolute Gasteiger partial charge is 0.491 e. The molecule has 3 fully saturated rings. The first-order valence-corrected chi connectivity index (χ1v) is 13.7. The lowest BCUT2D eigenvalue weighted by Crippen LogP contribution is -2.47. The molecular weight excluding hydrogens is 501 g/mol. The van der Waals surface area contributed by atoms with E-state index in [1.807, 2.05) is 18.2 Å². The Kier molecular flexibility index (Phi) is 6.88. The number of piperidine rings is 1. The highest BCUT2D eigenvalue weighted by molar-refractivity contribution is 5.90. The van der Waals surface area contributed by atoms with Crippen molar-refractivity contribution < 1.29 is 23.2 Å². The summed E-state index contributed by atoms with van der Waals surface area (Å²) in [6, 6.07) is 5.22. The van der Waals surface area contributed by atoms with Gasteiger partial charge in [-0.05, 0) is 29.3 Å². The molecule has 2 aromatic rings. The van der Waals surface area contributed by atoms with Crippen LogP contribution >= 0.6 is 0 Å². The highest BCUT2D eigenvalue weighted by atomic mass is 19.1. The first-order valence-electron chi connectivity index (χ1n) is 13.7. The van der Waals surface area contributed by atoms with Crippen LogP contribution in [0.5, 0.6) is 0 Å². The normalized spacial score (nSPS) is 20.7. The number of nitrogens with zero attached hydrogens (tertiary/aromatic N) is 4. The molecule has 0 atom stereocenters. The van der Waals surface area contributed by atoms with E-state index in [4.69, 9.17) is 14.0 Å². The lowest BCUT2D eigenvalue weighted by atomic mass is 9.81. The van der Waals surface area contributed by atoms with E-state index in [1.54, 1.807) is 11.0 Å². The Bertz CT molecular complexity index is 1330. The van der Waals surface area contributed by atoms with Crippen LogP contribution in [0.4, 0.5) is 20.9 Å². The highest BCUT2D eigenvalue weighted by Gasteiger charge is 2.42. The van der Waals surface area contributed by atoms with Crippen LogP contribution in [0.2, 0.25) is 0 Å². The topological polar surface area (TPSA) is 93.0 Å². The zero-order valence-electron chi connectivity index (χ0n) is 22.4. The summed E-state index contributed by atoms with van der Waals surface area (Å²) >= 11 is 0. The number of morpholine rings is 1. The van der Waals surface area contributed by atoms with Crippen LogP contribution in [0, 0.1) is 5.82 Å². The molecule has 1 spiro atoms. The predicted molar refractivity (Wildman–Crippen MR) is 145 cm³/mol. The maximum atomic E-state index is 15.0. The van der Waals surface area contributed by atoms with Crippen LogP contribution in [-0.4, -0.2) is 66.1 Å². The minimum absolute atomic E-state index is 0.171. The minimum Gasteiger partial charge on any atom is -0.491 e. The van der Waals surface area contributed by atoms with E-state index in [1.165, 1.54) is 11.6 Å². The first-order chi connectivity index (χ1) is 18.9. The standard InChI is InChI=1S/C29H34FN5O4/c1-19(2)26-32-28(39-33-26)35-9-7-29(8-10-35)18-20-15-21(3-5-23(16-20)38-29)22-4-6-25(24(30)17-22)31-27(36)34-11-13-37-14-12-34/h3-6,15,17,19H,7-14,16,18H2,1-2H3,(H,31,36). The number of amides is 2. The molecule has 6 rings (SSSR count). The van der Waals surface area contributed by atoms with Crippen molar-refractivity contribution in [3.8, 4) is 0 Å². The number of anilines is 2. The summed E-state index contributed by atoms with van der Waals surface area (Å²) in [5.41, 5.74) is 2.86. The van der Waals surface area contributed by atoms with Crippen LogP contribution < -0.4 is 10.2 Å². The minimum atomic E-state index is -0.463. The van der Waals surface area contributed by atoms with E-state index in [-0.39, 0.29) is 23.2 Å². The summed E-state index contributed by atoms with van der Waals surface area (Å²) in [4.78, 5) is 20.8. The molecule has 2 amide bonds. The Morgan fingerprint density at radius 1 is 1.13 bits per heavy atom. The van der Waals surface area contributed by atoms with Gasteiger partial charge in [-0.1, -0.05) is 42.8 Å². The van der Waals surface area contributed by atoms with Crippen molar-refractivity contribution in [3.05, 3.63) is 65.0 Å². The quantitative estimate of drug-likeness (QED) is 0.571. The van der Waals surface area contributed by atoms with Gasteiger partial charge in [0.15, 0.2) is 5.82 Å². The molecule has 4 aliphatic rings. The van der Waals surface area contributed by atoms with Crippen molar-refractivity contribution in [1.29, 1.82) is 0 Å². The Labute approximate surface area is 227 Å². The fraction of sp³-hybridized carbons (Fsp3) is 0.483. The summed E-state index contributed by atoms with van der Waals surface area (Å²) < 4.78 is 32.4. The number of fused-ring (bicyclic) bond motifs is 2. The predicted octanol–water partition coefficient (Wildman–Crippen LogP) is 5.25. The van der Waals surface area contributed by atoms with E-state index in [0.717, 1.165) is 61.5 Å². The van der Waals surface area contributed by atoms with Gasteiger partial charge in [0.1, 0.15) is 17.2 Å². The number of halogens is 1. The van der Waals surface area contributed by atoms with Crippen molar-refractivity contribution in [1.82, 2.24) is 15.0 Å². The zero-order chi connectivity index (χ0) is 27.0. The van der Waals surface area contributed by atoms with Crippen LogP contribution in [0.25, 0.3) is 5.57 Å². The molecule has 4 heterocycles. The summed E-state index contributed by atoms with van der Waals surface area (Å²) in [7, 11) is 0. The Morgan fingerprint density at radius 2 is 1.92 bits per heavy atom. The number of hydrogen-bond donors (Lipinski definition) is 1. The van der Waals surface area contributed by atoms with E-state index in [9.17, 15) is 4.79 Å². The third kappa shape index (κ3) is 5.43. The van der Waals surface area contributed by atoms with Crippen molar-refractivity contribution in [2.75, 3.05) is 49.6 Å². The second-order valence-electron chi connectivity index (χ2n) is 11.0. The number of ether oxygens (including phenoxy) is 2. The summed E-state index contributed by atoms with van der Waals surface area (Å²) in [5.74, 6) is 1.42. The number of allylic oxidation sites excluding steroid dienone is 5. The number of nitrogens with one attached hydrogen (secondary N) is 1. The molecule has 10 heteroatoms. The smallest absolute Gasteiger partial charge is 0.324 e. The van der Waals surface area contributed by atoms with Crippen molar-refractivity contribution in [2.24, 2.45) is 0 Å². The average Bonchev–Trinajstić information content (AvgIpc) is 3.38. The molecule has 2 bridgehead atoms. The number of urea groups is 1. The van der Waals surface area contributed by atoms with Crippen LogP contribution in [0.1, 0.15) is 56.8 Å². The summed E-state index contributed by atoms with van der Waals surface area (Å²) in [5, 5.41) is 6.79. The number of carbonyl (C=O) groups is 1. The van der Waals surface area contributed by atoms with E-state index >= 15 is 4.39 Å². The van der Waals surface area contributed by atoms with Gasteiger partial charge in [0.25, 0.3) is 0 Å². The maximum absolute atomic E-state index is 15.0. The number of carbonyl (C=O) groups excluding carboxylic acids is 1. The Hall–Kier alpha value is -3.66. The van der Waals surface area contributed by atoms with Gasteiger partial charge in [0.2, 0.25) is 0 Å². The molecular formula is C29H34FN5O4. The fourth-order valence-electron chi connectivity index (χ4n) is 5.61. The van der Waals surface area contributed by atoms with Gasteiger partial charge in [-0.3, -0.25) is 0 Å². The zero-order valence-corrected chi connectivity index (χ0v) is 22.4. The molecule has 39 heavy (non-hydrogen) atoms. The third-order valence-electron chi connectivity index (χ3n) is 7.84. The number of aromatic nitrogens is 2. The highest BCUT2D eigenvalue weighted by Crippen LogP contribution is 2.44. The van der Waals surface area contributed by atoms with E-state index in [0.29, 0.717) is 32.3 Å². The Balaban J connectivity index is 1.13. The number of hydrogen-bond acceptors (Lipinski definition) is 7. The number of benzene rings is 1. The van der Waals surface area contributed by atoms with Gasteiger partial charge in [-0.25, -0.2) is 9.18 Å². The SMILES string of the molecule is CC(C)c1noc(N2CCC3(CC2)CC2=CC(c4ccc(NC(=O)N5CCOCC5)c(F)c4)=CC=C(C2)O3)n1. The molecule has 3 saturated heterocycles. The first kappa shape index (κ1) is 25.6. The molecule has 1 aromatic carbocycles. The van der Waals surface area contributed by atoms with Gasteiger partial charge in [0.05, 0.1) is 18.9 Å². The molecule has 0 radical (unpaired) electrons. The molecule has 9 nitrogen and oxygen atoms in total. The van der Waals surface area contributed by atoms with Crippen LogP contribution in [0.15, 0.2) is 52.3 Å². The molecule has 0 saturated carbocycles.